The van der Waals surface area contributed by atoms with Gasteiger partial charge in [0, 0.05) is 12.1 Å². The number of fused-ring (bicyclic) bond motifs is 1. The van der Waals surface area contributed by atoms with Crippen LogP contribution in [0, 0.1) is 0 Å². The number of methoxy groups -OCH3 is 1. The molecule has 2 heterocycles. The lowest BCUT2D eigenvalue weighted by atomic mass is 10.0. The molecule has 0 radical (unpaired) electrons. The molecule has 138 valence electrons. The lowest BCUT2D eigenvalue weighted by Crippen LogP contribution is -2.71. The largest absolute Gasteiger partial charge is 0.477 e. The number of aliphatic carboxylic acids is 1. The molecule has 9 heteroatoms. The molecular formula is C17H17ClN2O5S. The number of β-lactam (4-membered cyclic amide) rings is 1. The Kier molecular flexibility index (Phi) is 5.27. The fourth-order valence-electron chi connectivity index (χ4n) is 3.02. The summed E-state index contributed by atoms with van der Waals surface area (Å²) in [5.74, 6) is -1.93. The van der Waals surface area contributed by atoms with Crippen molar-refractivity contribution < 1.29 is 24.2 Å². The van der Waals surface area contributed by atoms with E-state index in [9.17, 15) is 19.5 Å². The number of hydrogen-bond acceptors (Lipinski definition) is 5. The summed E-state index contributed by atoms with van der Waals surface area (Å²) >= 11 is 7.12. The van der Waals surface area contributed by atoms with Crippen molar-refractivity contribution in [1.29, 1.82) is 0 Å². The highest BCUT2D eigenvalue weighted by atomic mass is 35.5. The minimum Gasteiger partial charge on any atom is -0.477 e. The molecule has 0 spiro atoms. The zero-order valence-corrected chi connectivity index (χ0v) is 15.6. The highest BCUT2D eigenvalue weighted by Gasteiger charge is 2.55. The van der Waals surface area contributed by atoms with Crippen LogP contribution in [0.15, 0.2) is 35.5 Å². The van der Waals surface area contributed by atoms with E-state index in [1.807, 2.05) is 0 Å². The monoisotopic (exact) mass is 396 g/mol. The van der Waals surface area contributed by atoms with E-state index in [0.29, 0.717) is 10.6 Å². The van der Waals surface area contributed by atoms with E-state index < -0.39 is 28.7 Å². The second-order valence-corrected chi connectivity index (χ2v) is 7.61. The fourth-order valence-corrected chi connectivity index (χ4v) is 4.50. The Balaban J connectivity index is 1.72. The Morgan fingerprint density at radius 2 is 2.00 bits per heavy atom. The predicted octanol–water partition coefficient (Wildman–Crippen LogP) is 1.61. The van der Waals surface area contributed by atoms with Crippen molar-refractivity contribution in [3.05, 3.63) is 46.1 Å². The first-order valence-electron chi connectivity index (χ1n) is 7.82. The van der Waals surface area contributed by atoms with Crippen molar-refractivity contribution >= 4 is 41.1 Å². The molecule has 0 bridgehead atoms. The Morgan fingerprint density at radius 1 is 1.35 bits per heavy atom. The summed E-state index contributed by atoms with van der Waals surface area (Å²) in [4.78, 5) is 37.5. The van der Waals surface area contributed by atoms with E-state index in [-0.39, 0.29) is 18.0 Å². The first-order valence-corrected chi connectivity index (χ1v) is 9.14. The van der Waals surface area contributed by atoms with Gasteiger partial charge in [-0.1, -0.05) is 35.5 Å². The second kappa shape index (κ2) is 7.30. The average molecular weight is 397 g/mol. The van der Waals surface area contributed by atoms with E-state index >= 15 is 0 Å². The summed E-state index contributed by atoms with van der Waals surface area (Å²) in [6.45, 7) is 1.63. The van der Waals surface area contributed by atoms with Gasteiger partial charge in [-0.25, -0.2) is 4.79 Å². The molecule has 0 unspecified atom stereocenters. The number of carbonyl (C=O) groups excluding carboxylic acids is 2. The zero-order valence-electron chi connectivity index (χ0n) is 14.1. The summed E-state index contributed by atoms with van der Waals surface area (Å²) in [6.07, 6.45) is 0.104. The Bertz CT molecular complexity index is 795. The van der Waals surface area contributed by atoms with Crippen LogP contribution in [-0.2, 0) is 25.5 Å². The summed E-state index contributed by atoms with van der Waals surface area (Å²) in [5, 5.41) is 12.2. The normalized spacial score (nSPS) is 24.8. The van der Waals surface area contributed by atoms with Crippen molar-refractivity contribution in [2.75, 3.05) is 7.11 Å². The molecule has 3 rings (SSSR count). The molecule has 2 N–H and O–H groups in total. The standard InChI is InChI=1S/C17H17ClN2O5S/c1-8-13(16(23)24)20-14(22)12(15(20)26-17(8)25-2)19-11(21)7-9-3-5-10(18)6-4-9/h3-6,12,15,17H,7H2,1-2H3,(H,19,21)(H,23,24)/t12-,15-,17-/m0/s1. The number of carboxylic acid groups (broad SMARTS) is 1. The van der Waals surface area contributed by atoms with Gasteiger partial charge in [-0.3, -0.25) is 14.5 Å². The maximum atomic E-state index is 12.4. The third-order valence-electron chi connectivity index (χ3n) is 4.29. The maximum absolute atomic E-state index is 12.4. The van der Waals surface area contributed by atoms with Gasteiger partial charge in [-0.15, -0.1) is 0 Å². The predicted molar refractivity (Wildman–Crippen MR) is 96.4 cm³/mol. The maximum Gasteiger partial charge on any atom is 0.352 e. The Labute approximate surface area is 159 Å². The van der Waals surface area contributed by atoms with Gasteiger partial charge in [0.1, 0.15) is 22.5 Å². The van der Waals surface area contributed by atoms with Crippen LogP contribution < -0.4 is 5.32 Å². The van der Waals surface area contributed by atoms with Crippen molar-refractivity contribution in [1.82, 2.24) is 10.2 Å². The number of rotatable bonds is 5. The van der Waals surface area contributed by atoms with Gasteiger partial charge in [0.05, 0.1) is 6.42 Å². The van der Waals surface area contributed by atoms with Crippen LogP contribution in [0.4, 0.5) is 0 Å². The van der Waals surface area contributed by atoms with Crippen LogP contribution in [0.5, 0.6) is 0 Å². The van der Waals surface area contributed by atoms with Crippen LogP contribution in [-0.4, -0.2) is 51.8 Å². The number of thioether (sulfide) groups is 1. The molecule has 7 nitrogen and oxygen atoms in total. The van der Waals surface area contributed by atoms with Gasteiger partial charge < -0.3 is 15.2 Å². The molecule has 1 fully saturated rings. The van der Waals surface area contributed by atoms with Crippen LogP contribution in [0.3, 0.4) is 0 Å². The van der Waals surface area contributed by atoms with Gasteiger partial charge in [0.2, 0.25) is 5.91 Å². The molecular weight excluding hydrogens is 380 g/mol. The second-order valence-electron chi connectivity index (χ2n) is 5.99. The van der Waals surface area contributed by atoms with Gasteiger partial charge in [0.25, 0.3) is 5.91 Å². The SMILES string of the molecule is CO[C@H]1S[C@H]2[C@@H](NC(=O)Cc3ccc(Cl)cc3)C(=O)N2C(C(=O)O)=C1C. The number of carbonyl (C=O) groups is 3. The summed E-state index contributed by atoms with van der Waals surface area (Å²) in [5.41, 5.74) is 0.684. The third kappa shape index (κ3) is 3.32. The molecule has 3 atom stereocenters. The van der Waals surface area contributed by atoms with Gasteiger partial charge in [0.15, 0.2) is 0 Å². The summed E-state index contributed by atoms with van der Waals surface area (Å²) in [6, 6.07) is 6.07. The zero-order chi connectivity index (χ0) is 19.0. The molecule has 0 aliphatic carbocycles. The molecule has 2 aliphatic rings. The van der Waals surface area contributed by atoms with Crippen molar-refractivity contribution in [3.8, 4) is 0 Å². The van der Waals surface area contributed by atoms with Gasteiger partial charge >= 0.3 is 5.97 Å². The fraction of sp³-hybridized carbons (Fsp3) is 0.353. The van der Waals surface area contributed by atoms with Gasteiger partial charge in [-0.05, 0) is 30.2 Å². The number of benzene rings is 1. The van der Waals surface area contributed by atoms with E-state index in [4.69, 9.17) is 16.3 Å². The molecule has 2 amide bonds. The lowest BCUT2D eigenvalue weighted by molar-refractivity contribution is -0.151. The van der Waals surface area contributed by atoms with E-state index in [0.717, 1.165) is 5.56 Å². The molecule has 2 aliphatic heterocycles. The minimum atomic E-state index is -1.19. The molecule has 1 saturated heterocycles. The molecule has 0 aromatic heterocycles. The summed E-state index contributed by atoms with van der Waals surface area (Å²) < 4.78 is 5.31. The van der Waals surface area contributed by atoms with Crippen LogP contribution >= 0.6 is 23.4 Å². The van der Waals surface area contributed by atoms with Crippen molar-refractivity contribution in [3.63, 3.8) is 0 Å². The first kappa shape index (κ1) is 18.8. The van der Waals surface area contributed by atoms with Crippen molar-refractivity contribution in [2.24, 2.45) is 0 Å². The highest BCUT2D eigenvalue weighted by Crippen LogP contribution is 2.44. The Morgan fingerprint density at radius 3 is 2.58 bits per heavy atom. The highest BCUT2D eigenvalue weighted by molar-refractivity contribution is 8.00. The summed E-state index contributed by atoms with van der Waals surface area (Å²) in [7, 11) is 1.48. The van der Waals surface area contributed by atoms with Crippen molar-refractivity contribution in [2.45, 2.75) is 30.2 Å². The number of hydrogen-bond donors (Lipinski definition) is 2. The van der Waals surface area contributed by atoms with Crippen LogP contribution in [0.25, 0.3) is 0 Å². The number of carboxylic acids is 1. The number of halogens is 1. The van der Waals surface area contributed by atoms with Gasteiger partial charge in [-0.2, -0.15) is 0 Å². The van der Waals surface area contributed by atoms with E-state index in [1.54, 1.807) is 31.2 Å². The van der Waals surface area contributed by atoms with E-state index in [2.05, 4.69) is 5.32 Å². The number of ether oxygens (including phenoxy) is 1. The number of nitrogens with one attached hydrogen (secondary N) is 1. The molecule has 1 aromatic carbocycles. The molecule has 26 heavy (non-hydrogen) atoms. The van der Waals surface area contributed by atoms with Crippen LogP contribution in [0.2, 0.25) is 5.02 Å². The van der Waals surface area contributed by atoms with Crippen LogP contribution in [0.1, 0.15) is 12.5 Å². The quantitative estimate of drug-likeness (QED) is 0.734. The Hall–Kier alpha value is -2.03. The third-order valence-corrected chi connectivity index (χ3v) is 6.09. The topological polar surface area (TPSA) is 95.9 Å². The lowest BCUT2D eigenvalue weighted by Gasteiger charge is -2.50. The smallest absolute Gasteiger partial charge is 0.352 e. The number of nitrogens with zero attached hydrogens (tertiary/aromatic N) is 1. The molecule has 1 aromatic rings. The first-order chi connectivity index (χ1) is 12.3. The number of amides is 2. The molecule has 0 saturated carbocycles. The average Bonchev–Trinajstić information content (AvgIpc) is 2.61. The van der Waals surface area contributed by atoms with E-state index in [1.165, 1.54) is 23.8 Å². The minimum absolute atomic E-state index is 0.0752.